The molecule has 0 saturated carbocycles. The van der Waals surface area contributed by atoms with Crippen molar-refractivity contribution in [3.8, 4) is 0 Å². The molecule has 2 heterocycles. The minimum absolute atomic E-state index is 0.636. The number of piperidine rings is 1. The summed E-state index contributed by atoms with van der Waals surface area (Å²) in [5.74, 6) is 0.636. The van der Waals surface area contributed by atoms with Crippen LogP contribution in [0.5, 0.6) is 0 Å². The van der Waals surface area contributed by atoms with Gasteiger partial charge in [-0.05, 0) is 74.4 Å². The van der Waals surface area contributed by atoms with Gasteiger partial charge in [0.1, 0.15) is 0 Å². The third kappa shape index (κ3) is 3.03. The molecule has 1 fully saturated rings. The van der Waals surface area contributed by atoms with Gasteiger partial charge in [0.25, 0.3) is 0 Å². The number of aryl methyl sites for hydroxylation is 3. The van der Waals surface area contributed by atoms with Crippen molar-refractivity contribution in [2.24, 2.45) is 0 Å². The number of nitrogens with zero attached hydrogens (tertiary/aromatic N) is 2. The molecule has 1 aliphatic rings. The average molecular weight is 346 g/mol. The zero-order valence-corrected chi connectivity index (χ0v) is 15.8. The largest absolute Gasteiger partial charge is 0.618 e. The molecule has 1 saturated heterocycles. The number of anilines is 1. The predicted octanol–water partition coefficient (Wildman–Crippen LogP) is 4.78. The molecule has 0 spiro atoms. The van der Waals surface area contributed by atoms with Gasteiger partial charge in [-0.15, -0.1) is 0 Å². The molecule has 0 unspecified atom stereocenters. The Bertz CT molecular complexity index is 933. The zero-order valence-electron chi connectivity index (χ0n) is 15.8. The standard InChI is InChI=1S/C23H26N2O/c1-16-13-17(2)23(18(3)14-16)20-8-11-24(12-9-20)21-7-6-19-5-4-10-25(26)22(19)15-21/h4-7,10,13-15,20H,8-9,11-12H2,1-3H3. The van der Waals surface area contributed by atoms with E-state index in [9.17, 15) is 5.21 Å². The highest BCUT2D eigenvalue weighted by Crippen LogP contribution is 2.35. The average Bonchev–Trinajstić information content (AvgIpc) is 2.62. The first-order valence-electron chi connectivity index (χ1n) is 9.47. The first-order chi connectivity index (χ1) is 12.5. The van der Waals surface area contributed by atoms with Gasteiger partial charge in [-0.2, -0.15) is 4.73 Å². The monoisotopic (exact) mass is 346 g/mol. The molecule has 4 rings (SSSR count). The van der Waals surface area contributed by atoms with E-state index >= 15 is 0 Å². The van der Waals surface area contributed by atoms with Crippen LogP contribution in [0.25, 0.3) is 10.9 Å². The van der Waals surface area contributed by atoms with E-state index in [4.69, 9.17) is 0 Å². The lowest BCUT2D eigenvalue weighted by Crippen LogP contribution is -2.33. The van der Waals surface area contributed by atoms with Crippen LogP contribution >= 0.6 is 0 Å². The summed E-state index contributed by atoms with van der Waals surface area (Å²) in [5, 5.41) is 13.0. The van der Waals surface area contributed by atoms with E-state index in [2.05, 4.69) is 49.9 Å². The Morgan fingerprint density at radius 2 is 1.65 bits per heavy atom. The molecule has 26 heavy (non-hydrogen) atoms. The molecule has 134 valence electrons. The Balaban J connectivity index is 1.55. The minimum atomic E-state index is 0.636. The van der Waals surface area contributed by atoms with Crippen molar-refractivity contribution in [2.45, 2.75) is 39.5 Å². The van der Waals surface area contributed by atoms with Crippen LogP contribution in [-0.4, -0.2) is 13.1 Å². The second-order valence-corrected chi connectivity index (χ2v) is 7.65. The highest BCUT2D eigenvalue weighted by Gasteiger charge is 2.24. The summed E-state index contributed by atoms with van der Waals surface area (Å²) in [6, 6.07) is 14.6. The maximum atomic E-state index is 12.1. The number of rotatable bonds is 2. The van der Waals surface area contributed by atoms with Crippen LogP contribution < -0.4 is 9.63 Å². The van der Waals surface area contributed by atoms with Crippen LogP contribution in [0, 0.1) is 26.0 Å². The van der Waals surface area contributed by atoms with Crippen LogP contribution in [-0.2, 0) is 0 Å². The molecule has 1 aliphatic heterocycles. The van der Waals surface area contributed by atoms with Gasteiger partial charge in [0, 0.05) is 36.3 Å². The van der Waals surface area contributed by atoms with E-state index in [0.717, 1.165) is 47.3 Å². The topological polar surface area (TPSA) is 30.2 Å². The molecule has 0 atom stereocenters. The first-order valence-corrected chi connectivity index (χ1v) is 9.47. The van der Waals surface area contributed by atoms with E-state index in [1.807, 2.05) is 12.1 Å². The summed E-state index contributed by atoms with van der Waals surface area (Å²) >= 11 is 0. The molecule has 0 bridgehead atoms. The van der Waals surface area contributed by atoms with Crippen molar-refractivity contribution >= 4 is 16.6 Å². The van der Waals surface area contributed by atoms with Crippen molar-refractivity contribution in [1.29, 1.82) is 0 Å². The van der Waals surface area contributed by atoms with Crippen molar-refractivity contribution in [3.05, 3.63) is 76.1 Å². The van der Waals surface area contributed by atoms with Crippen LogP contribution in [0.2, 0.25) is 0 Å². The van der Waals surface area contributed by atoms with Gasteiger partial charge < -0.3 is 10.1 Å². The number of pyridine rings is 1. The molecule has 0 N–H and O–H groups in total. The molecule has 3 aromatic rings. The summed E-state index contributed by atoms with van der Waals surface area (Å²) < 4.78 is 0.963. The third-order valence-corrected chi connectivity index (χ3v) is 5.76. The van der Waals surface area contributed by atoms with Crippen LogP contribution in [0.1, 0.15) is 41.0 Å². The fourth-order valence-corrected chi connectivity index (χ4v) is 4.63. The second-order valence-electron chi connectivity index (χ2n) is 7.65. The Kier molecular flexibility index (Phi) is 4.31. The molecule has 2 aromatic carbocycles. The molecular weight excluding hydrogens is 320 g/mol. The van der Waals surface area contributed by atoms with Gasteiger partial charge in [-0.25, -0.2) is 0 Å². The van der Waals surface area contributed by atoms with Crippen LogP contribution in [0.3, 0.4) is 0 Å². The summed E-state index contributed by atoms with van der Waals surface area (Å²) in [4.78, 5) is 2.42. The van der Waals surface area contributed by atoms with Gasteiger partial charge in [0.2, 0.25) is 5.52 Å². The predicted molar refractivity (Wildman–Crippen MR) is 108 cm³/mol. The molecule has 0 amide bonds. The maximum Gasteiger partial charge on any atom is 0.225 e. The number of hydrogen-bond acceptors (Lipinski definition) is 2. The van der Waals surface area contributed by atoms with E-state index in [1.165, 1.54) is 16.7 Å². The Hall–Kier alpha value is -2.55. The van der Waals surface area contributed by atoms with Gasteiger partial charge in [0.05, 0.1) is 0 Å². The molecule has 1 aromatic heterocycles. The van der Waals surface area contributed by atoms with Gasteiger partial charge in [0.15, 0.2) is 6.20 Å². The quantitative estimate of drug-likeness (QED) is 0.494. The lowest BCUT2D eigenvalue weighted by molar-refractivity contribution is -0.576. The van der Waals surface area contributed by atoms with Gasteiger partial charge >= 0.3 is 0 Å². The number of hydrogen-bond donors (Lipinski definition) is 0. The lowest BCUT2D eigenvalue weighted by Gasteiger charge is -2.35. The van der Waals surface area contributed by atoms with Crippen LogP contribution in [0.4, 0.5) is 5.69 Å². The fourth-order valence-electron chi connectivity index (χ4n) is 4.63. The molecule has 0 aliphatic carbocycles. The van der Waals surface area contributed by atoms with E-state index in [0.29, 0.717) is 5.92 Å². The fraction of sp³-hybridized carbons (Fsp3) is 0.348. The summed E-state index contributed by atoms with van der Waals surface area (Å²) in [6.45, 7) is 8.74. The third-order valence-electron chi connectivity index (χ3n) is 5.76. The number of aromatic nitrogens is 1. The van der Waals surface area contributed by atoms with E-state index in [1.54, 1.807) is 17.8 Å². The minimum Gasteiger partial charge on any atom is -0.618 e. The smallest absolute Gasteiger partial charge is 0.225 e. The highest BCUT2D eigenvalue weighted by molar-refractivity contribution is 5.79. The SMILES string of the molecule is Cc1cc(C)c(C2CCN(c3ccc4ccc[n+]([O-])c4c3)CC2)c(C)c1. The Labute approximate surface area is 155 Å². The highest BCUT2D eigenvalue weighted by atomic mass is 16.5. The van der Waals surface area contributed by atoms with E-state index < -0.39 is 0 Å². The first kappa shape index (κ1) is 16.9. The van der Waals surface area contributed by atoms with E-state index in [-0.39, 0.29) is 0 Å². The number of fused-ring (bicyclic) bond motifs is 1. The second kappa shape index (κ2) is 6.64. The van der Waals surface area contributed by atoms with Gasteiger partial charge in [-0.1, -0.05) is 17.7 Å². The Morgan fingerprint density at radius 1 is 0.962 bits per heavy atom. The van der Waals surface area contributed by atoms with Crippen molar-refractivity contribution in [1.82, 2.24) is 0 Å². The van der Waals surface area contributed by atoms with Crippen molar-refractivity contribution in [2.75, 3.05) is 18.0 Å². The zero-order chi connectivity index (χ0) is 18.3. The maximum absolute atomic E-state index is 12.1. The summed E-state index contributed by atoms with van der Waals surface area (Å²) in [7, 11) is 0. The molecule has 3 heteroatoms. The summed E-state index contributed by atoms with van der Waals surface area (Å²) in [6.07, 6.45) is 3.89. The van der Waals surface area contributed by atoms with Crippen LogP contribution in [0.15, 0.2) is 48.7 Å². The number of benzene rings is 2. The lowest BCUT2D eigenvalue weighted by atomic mass is 9.83. The Morgan fingerprint density at radius 3 is 2.35 bits per heavy atom. The molecule has 3 nitrogen and oxygen atoms in total. The normalized spacial score (nSPS) is 15.6. The van der Waals surface area contributed by atoms with Crippen molar-refractivity contribution < 1.29 is 4.73 Å². The summed E-state index contributed by atoms with van der Waals surface area (Å²) in [5.41, 5.74) is 7.66. The molecular formula is C23H26N2O. The van der Waals surface area contributed by atoms with Gasteiger partial charge in [-0.3, -0.25) is 0 Å². The van der Waals surface area contributed by atoms with Crippen molar-refractivity contribution in [3.63, 3.8) is 0 Å². The molecule has 0 radical (unpaired) electrons.